The first-order chi connectivity index (χ1) is 12.0. The number of rotatable bonds is 4. The lowest BCUT2D eigenvalue weighted by molar-refractivity contribution is -0.147. The molecule has 3 rings (SSSR count). The summed E-state index contributed by atoms with van der Waals surface area (Å²) in [6, 6.07) is 9.02. The van der Waals surface area contributed by atoms with Crippen LogP contribution >= 0.6 is 11.8 Å². The second-order valence-electron chi connectivity index (χ2n) is 6.64. The van der Waals surface area contributed by atoms with Crippen molar-refractivity contribution < 1.29 is 19.5 Å². The molecule has 0 spiro atoms. The Bertz CT molecular complexity index is 658. The zero-order valence-electron chi connectivity index (χ0n) is 13.9. The number of carboxylic acid groups (broad SMARTS) is 1. The lowest BCUT2D eigenvalue weighted by atomic mass is 9.93. The number of thioether (sulfide) groups is 1. The van der Waals surface area contributed by atoms with Gasteiger partial charge in [-0.3, -0.25) is 9.59 Å². The van der Waals surface area contributed by atoms with Crippen molar-refractivity contribution in [1.29, 1.82) is 0 Å². The molecule has 2 fully saturated rings. The predicted molar refractivity (Wildman–Crippen MR) is 95.5 cm³/mol. The van der Waals surface area contributed by atoms with Crippen LogP contribution in [-0.4, -0.2) is 57.9 Å². The molecule has 1 aromatic carbocycles. The van der Waals surface area contributed by atoms with E-state index in [0.717, 1.165) is 12.2 Å². The van der Waals surface area contributed by atoms with Crippen molar-refractivity contribution in [3.63, 3.8) is 0 Å². The van der Waals surface area contributed by atoms with Gasteiger partial charge in [0.1, 0.15) is 5.54 Å². The lowest BCUT2D eigenvalue weighted by Gasteiger charge is -2.34. The van der Waals surface area contributed by atoms with E-state index in [2.05, 4.69) is 5.32 Å². The van der Waals surface area contributed by atoms with Gasteiger partial charge < -0.3 is 15.3 Å². The van der Waals surface area contributed by atoms with Crippen LogP contribution in [-0.2, 0) is 9.59 Å². The van der Waals surface area contributed by atoms with E-state index in [0.29, 0.717) is 37.2 Å². The molecule has 0 radical (unpaired) electrons. The highest BCUT2D eigenvalue weighted by molar-refractivity contribution is 7.99. The van der Waals surface area contributed by atoms with Gasteiger partial charge in [0, 0.05) is 24.4 Å². The summed E-state index contributed by atoms with van der Waals surface area (Å²) in [4.78, 5) is 38.5. The average molecular weight is 362 g/mol. The number of likely N-dealkylation sites (tertiary alicyclic amines) is 1. The smallest absolute Gasteiger partial charge is 0.330 e. The topological polar surface area (TPSA) is 86.7 Å². The fourth-order valence-corrected chi connectivity index (χ4v) is 4.69. The van der Waals surface area contributed by atoms with Gasteiger partial charge in [0.15, 0.2) is 0 Å². The Morgan fingerprint density at radius 2 is 2.00 bits per heavy atom. The van der Waals surface area contributed by atoms with Gasteiger partial charge in [-0.2, -0.15) is 11.8 Å². The zero-order valence-corrected chi connectivity index (χ0v) is 14.8. The van der Waals surface area contributed by atoms with Crippen LogP contribution in [0.1, 0.15) is 29.6 Å². The number of hydrogen-bond donors (Lipinski definition) is 2. The van der Waals surface area contributed by atoms with Crippen molar-refractivity contribution in [2.75, 3.05) is 24.6 Å². The maximum atomic E-state index is 12.6. The van der Waals surface area contributed by atoms with Gasteiger partial charge in [0.25, 0.3) is 5.91 Å². The largest absolute Gasteiger partial charge is 0.479 e. The monoisotopic (exact) mass is 362 g/mol. The molecular formula is C18H22N2O4S. The maximum absolute atomic E-state index is 12.6. The van der Waals surface area contributed by atoms with Crippen LogP contribution in [0, 0.1) is 5.92 Å². The Morgan fingerprint density at radius 1 is 1.24 bits per heavy atom. The summed E-state index contributed by atoms with van der Waals surface area (Å²) in [5.74, 6) is -0.538. The molecule has 1 aromatic rings. The standard InChI is InChI=1S/C18H22N2O4S/c21-15(19-18(17(23)24)8-10-25-12-18)14-7-4-9-20(11-14)16(22)13-5-2-1-3-6-13/h1-3,5-6,14H,4,7-12H2,(H,19,21)(H,23,24). The van der Waals surface area contributed by atoms with E-state index >= 15 is 0 Å². The van der Waals surface area contributed by atoms with Crippen molar-refractivity contribution in [2.24, 2.45) is 5.92 Å². The first-order valence-electron chi connectivity index (χ1n) is 8.49. The Kier molecular flexibility index (Phi) is 5.32. The first kappa shape index (κ1) is 17.8. The Morgan fingerprint density at radius 3 is 2.64 bits per heavy atom. The van der Waals surface area contributed by atoms with Gasteiger partial charge in [-0.15, -0.1) is 0 Å². The van der Waals surface area contributed by atoms with E-state index < -0.39 is 11.5 Å². The quantitative estimate of drug-likeness (QED) is 0.850. The van der Waals surface area contributed by atoms with Crippen molar-refractivity contribution in [2.45, 2.75) is 24.8 Å². The number of nitrogens with one attached hydrogen (secondary N) is 1. The van der Waals surface area contributed by atoms with Crippen LogP contribution < -0.4 is 5.32 Å². The van der Waals surface area contributed by atoms with Crippen LogP contribution in [0.4, 0.5) is 0 Å². The molecule has 2 unspecified atom stereocenters. The third kappa shape index (κ3) is 3.81. The van der Waals surface area contributed by atoms with Gasteiger partial charge in [-0.05, 0) is 37.1 Å². The SMILES string of the molecule is O=C(NC1(C(=O)O)CCSC1)C1CCCN(C(=O)c2ccccc2)C1. The predicted octanol–water partition coefficient (Wildman–Crippen LogP) is 1.62. The molecule has 2 atom stereocenters. The summed E-state index contributed by atoms with van der Waals surface area (Å²) in [6.07, 6.45) is 1.86. The number of carbonyl (C=O) groups is 3. The molecule has 2 saturated heterocycles. The number of carboxylic acids is 1. The molecule has 0 bridgehead atoms. The van der Waals surface area contributed by atoms with E-state index in [-0.39, 0.29) is 17.7 Å². The third-order valence-corrected chi connectivity index (χ3v) is 6.08. The maximum Gasteiger partial charge on any atom is 0.330 e. The van der Waals surface area contributed by atoms with Crippen molar-refractivity contribution in [3.05, 3.63) is 35.9 Å². The molecule has 0 saturated carbocycles. The van der Waals surface area contributed by atoms with Crippen LogP contribution in [0.2, 0.25) is 0 Å². The van der Waals surface area contributed by atoms with Crippen molar-refractivity contribution >= 4 is 29.5 Å². The van der Waals surface area contributed by atoms with Gasteiger partial charge >= 0.3 is 5.97 Å². The van der Waals surface area contributed by atoms with Gasteiger partial charge in [0.05, 0.1) is 5.92 Å². The summed E-state index contributed by atoms with van der Waals surface area (Å²) >= 11 is 1.54. The summed E-state index contributed by atoms with van der Waals surface area (Å²) < 4.78 is 0. The van der Waals surface area contributed by atoms with E-state index in [1.54, 1.807) is 28.8 Å². The molecule has 2 aliphatic rings. The van der Waals surface area contributed by atoms with E-state index in [1.165, 1.54) is 0 Å². The molecule has 2 amide bonds. The van der Waals surface area contributed by atoms with E-state index in [4.69, 9.17) is 0 Å². The van der Waals surface area contributed by atoms with Crippen LogP contribution in [0.25, 0.3) is 0 Å². The van der Waals surface area contributed by atoms with Crippen molar-refractivity contribution in [3.8, 4) is 0 Å². The molecule has 25 heavy (non-hydrogen) atoms. The van der Waals surface area contributed by atoms with E-state index in [9.17, 15) is 19.5 Å². The zero-order chi connectivity index (χ0) is 17.9. The average Bonchev–Trinajstić information content (AvgIpc) is 3.12. The van der Waals surface area contributed by atoms with Crippen LogP contribution in [0.15, 0.2) is 30.3 Å². The minimum atomic E-state index is -1.16. The van der Waals surface area contributed by atoms with Gasteiger partial charge in [-0.1, -0.05) is 18.2 Å². The number of benzene rings is 1. The van der Waals surface area contributed by atoms with Crippen LogP contribution in [0.3, 0.4) is 0 Å². The molecule has 0 aliphatic carbocycles. The molecule has 2 aliphatic heterocycles. The van der Waals surface area contributed by atoms with Gasteiger partial charge in [-0.25, -0.2) is 4.79 Å². The van der Waals surface area contributed by atoms with Crippen molar-refractivity contribution in [1.82, 2.24) is 10.2 Å². The Hall–Kier alpha value is -2.02. The summed E-state index contributed by atoms with van der Waals surface area (Å²) in [5.41, 5.74) is -0.550. The second-order valence-corrected chi connectivity index (χ2v) is 7.74. The molecule has 134 valence electrons. The summed E-state index contributed by atoms with van der Waals surface area (Å²) in [7, 11) is 0. The molecule has 6 nitrogen and oxygen atoms in total. The second kappa shape index (κ2) is 7.47. The third-order valence-electron chi connectivity index (χ3n) is 4.89. The number of amides is 2. The molecule has 2 heterocycles. The fraction of sp³-hybridized carbons (Fsp3) is 0.500. The Labute approximate surface area is 151 Å². The number of piperidine rings is 1. The van der Waals surface area contributed by atoms with E-state index in [1.807, 2.05) is 18.2 Å². The molecule has 2 N–H and O–H groups in total. The Balaban J connectivity index is 1.66. The number of nitrogens with zero attached hydrogens (tertiary/aromatic N) is 1. The van der Waals surface area contributed by atoms with Gasteiger partial charge in [0.2, 0.25) is 5.91 Å². The lowest BCUT2D eigenvalue weighted by Crippen LogP contribution is -2.57. The molecular weight excluding hydrogens is 340 g/mol. The number of aliphatic carboxylic acids is 1. The molecule has 0 aromatic heterocycles. The fourth-order valence-electron chi connectivity index (χ4n) is 3.36. The highest BCUT2D eigenvalue weighted by Gasteiger charge is 2.44. The first-order valence-corrected chi connectivity index (χ1v) is 9.65. The highest BCUT2D eigenvalue weighted by atomic mass is 32.2. The minimum Gasteiger partial charge on any atom is -0.479 e. The minimum absolute atomic E-state index is 0.0810. The highest BCUT2D eigenvalue weighted by Crippen LogP contribution is 2.29. The number of carbonyl (C=O) groups excluding carboxylic acids is 2. The molecule has 7 heteroatoms. The summed E-state index contributed by atoms with van der Waals surface area (Å²) in [6.45, 7) is 0.958. The van der Waals surface area contributed by atoms with Crippen LogP contribution in [0.5, 0.6) is 0 Å². The normalized spacial score (nSPS) is 26.2. The number of hydrogen-bond acceptors (Lipinski definition) is 4. The summed E-state index contributed by atoms with van der Waals surface area (Å²) in [5, 5.41) is 12.3.